The smallest absolute Gasteiger partial charge is 0.133 e. The van der Waals surface area contributed by atoms with Gasteiger partial charge in [0.1, 0.15) is 23.9 Å². The molecule has 0 radical (unpaired) electrons. The zero-order valence-corrected chi connectivity index (χ0v) is 20.4. The van der Waals surface area contributed by atoms with Crippen LogP contribution in [-0.4, -0.2) is 29.5 Å². The lowest BCUT2D eigenvalue weighted by atomic mass is 9.91. The van der Waals surface area contributed by atoms with Gasteiger partial charge in [-0.15, -0.1) is 0 Å². The first kappa shape index (κ1) is 25.3. The lowest BCUT2D eigenvalue weighted by molar-refractivity contribution is 0.259. The molecule has 0 heterocycles. The highest BCUT2D eigenvalue weighted by Crippen LogP contribution is 2.46. The zero-order chi connectivity index (χ0) is 25.5. The van der Waals surface area contributed by atoms with Crippen molar-refractivity contribution in [2.24, 2.45) is 0 Å². The first-order valence-electron chi connectivity index (χ1n) is 11.6. The Hall–Kier alpha value is -3.84. The van der Waals surface area contributed by atoms with Crippen LogP contribution in [0, 0.1) is 0 Å². The summed E-state index contributed by atoms with van der Waals surface area (Å²) in [7, 11) is 3.14. The molecule has 4 aromatic carbocycles. The molecule has 0 aliphatic carbocycles. The summed E-state index contributed by atoms with van der Waals surface area (Å²) in [6.07, 6.45) is 0. The fraction of sp³-hybridized carbons (Fsp3) is 0.200. The molecule has 0 saturated carbocycles. The van der Waals surface area contributed by atoms with Crippen molar-refractivity contribution >= 4 is 0 Å². The molecule has 0 unspecified atom stereocenters. The minimum atomic E-state index is -0.280. The quantitative estimate of drug-likeness (QED) is 0.289. The number of aliphatic hydroxyl groups is 3. The van der Waals surface area contributed by atoms with Gasteiger partial charge in [0.15, 0.2) is 0 Å². The van der Waals surface area contributed by atoms with E-state index in [1.165, 1.54) is 0 Å². The molecule has 4 rings (SSSR count). The average Bonchev–Trinajstić information content (AvgIpc) is 2.95. The van der Waals surface area contributed by atoms with Gasteiger partial charge in [0.25, 0.3) is 0 Å². The average molecular weight is 487 g/mol. The van der Waals surface area contributed by atoms with Gasteiger partial charge in [0.05, 0.1) is 34.0 Å². The van der Waals surface area contributed by atoms with Crippen LogP contribution in [0.25, 0.3) is 22.3 Å². The van der Waals surface area contributed by atoms with E-state index in [2.05, 4.69) is 0 Å². The standard InChI is InChI=1S/C30H30O6/c1-34-28-15-25(22-10-8-20(16-31)9-11-22)30(35-2)26(18-33)29(28)23-12-13-27(24(14-23)17-32)36-19-21-6-4-3-5-7-21/h3-15,31-33H,16-19H2,1-2H3. The van der Waals surface area contributed by atoms with Gasteiger partial charge in [-0.2, -0.15) is 0 Å². The highest BCUT2D eigenvalue weighted by molar-refractivity contribution is 5.85. The summed E-state index contributed by atoms with van der Waals surface area (Å²) in [5.41, 5.74) is 6.08. The molecule has 186 valence electrons. The summed E-state index contributed by atoms with van der Waals surface area (Å²) < 4.78 is 17.5. The third kappa shape index (κ3) is 5.21. The number of ether oxygens (including phenoxy) is 3. The molecule has 3 N–H and O–H groups in total. The van der Waals surface area contributed by atoms with Crippen LogP contribution < -0.4 is 14.2 Å². The van der Waals surface area contributed by atoms with E-state index in [1.54, 1.807) is 14.2 Å². The Morgan fingerprint density at radius 3 is 1.97 bits per heavy atom. The van der Waals surface area contributed by atoms with Crippen LogP contribution in [0.1, 0.15) is 22.3 Å². The highest BCUT2D eigenvalue weighted by atomic mass is 16.5. The van der Waals surface area contributed by atoms with Crippen LogP contribution in [-0.2, 0) is 26.4 Å². The molecule has 6 heteroatoms. The Morgan fingerprint density at radius 1 is 0.639 bits per heavy atom. The molecule has 0 fully saturated rings. The summed E-state index contributed by atoms with van der Waals surface area (Å²) >= 11 is 0. The van der Waals surface area contributed by atoms with E-state index >= 15 is 0 Å². The van der Waals surface area contributed by atoms with Crippen molar-refractivity contribution in [3.05, 3.63) is 101 Å². The van der Waals surface area contributed by atoms with Gasteiger partial charge in [-0.05, 0) is 40.5 Å². The molecule has 4 aromatic rings. The third-order valence-corrected chi connectivity index (χ3v) is 6.13. The number of hydrogen-bond donors (Lipinski definition) is 3. The Morgan fingerprint density at radius 2 is 1.36 bits per heavy atom. The lowest BCUT2D eigenvalue weighted by Crippen LogP contribution is -2.03. The zero-order valence-electron chi connectivity index (χ0n) is 20.4. The van der Waals surface area contributed by atoms with Crippen molar-refractivity contribution in [3.8, 4) is 39.5 Å². The largest absolute Gasteiger partial charge is 0.496 e. The normalized spacial score (nSPS) is 10.8. The molecule has 36 heavy (non-hydrogen) atoms. The molecular weight excluding hydrogens is 456 g/mol. The van der Waals surface area contributed by atoms with Crippen LogP contribution in [0.5, 0.6) is 17.2 Å². The van der Waals surface area contributed by atoms with E-state index in [4.69, 9.17) is 14.2 Å². The second-order valence-corrected chi connectivity index (χ2v) is 8.28. The molecule has 0 amide bonds. The SMILES string of the molecule is COc1cc(-c2ccc(CO)cc2)c(OC)c(CO)c1-c1ccc(OCc2ccccc2)c(CO)c1. The number of aliphatic hydroxyl groups excluding tert-OH is 3. The summed E-state index contributed by atoms with van der Waals surface area (Å²) in [6, 6.07) is 24.7. The maximum Gasteiger partial charge on any atom is 0.133 e. The van der Waals surface area contributed by atoms with Crippen molar-refractivity contribution in [2.45, 2.75) is 26.4 Å². The van der Waals surface area contributed by atoms with Gasteiger partial charge in [-0.25, -0.2) is 0 Å². The molecule has 0 aromatic heterocycles. The Kier molecular flexibility index (Phi) is 8.23. The maximum atomic E-state index is 10.4. The van der Waals surface area contributed by atoms with E-state index < -0.39 is 0 Å². The van der Waals surface area contributed by atoms with Gasteiger partial charge in [0.2, 0.25) is 0 Å². The fourth-order valence-corrected chi connectivity index (χ4v) is 4.29. The van der Waals surface area contributed by atoms with Crippen molar-refractivity contribution < 1.29 is 29.5 Å². The number of hydrogen-bond acceptors (Lipinski definition) is 6. The number of benzene rings is 4. The van der Waals surface area contributed by atoms with E-state index in [0.29, 0.717) is 40.5 Å². The maximum absolute atomic E-state index is 10.4. The third-order valence-electron chi connectivity index (χ3n) is 6.13. The van der Waals surface area contributed by atoms with Crippen molar-refractivity contribution in [1.29, 1.82) is 0 Å². The van der Waals surface area contributed by atoms with E-state index in [9.17, 15) is 15.3 Å². The highest BCUT2D eigenvalue weighted by Gasteiger charge is 2.22. The van der Waals surface area contributed by atoms with Crippen LogP contribution in [0.2, 0.25) is 0 Å². The molecule has 0 saturated heterocycles. The molecule has 0 aliphatic heterocycles. The van der Waals surface area contributed by atoms with E-state index in [-0.39, 0.29) is 19.8 Å². The predicted octanol–water partition coefficient (Wildman–Crippen LogP) is 5.09. The summed E-state index contributed by atoms with van der Waals surface area (Å²) in [5, 5.41) is 29.9. The topological polar surface area (TPSA) is 88.4 Å². The van der Waals surface area contributed by atoms with Gasteiger partial charge < -0.3 is 29.5 Å². The second-order valence-electron chi connectivity index (χ2n) is 8.28. The Bertz CT molecular complexity index is 1300. The molecule has 0 aliphatic rings. The van der Waals surface area contributed by atoms with Crippen LogP contribution in [0.15, 0.2) is 78.9 Å². The summed E-state index contributed by atoms with van der Waals surface area (Å²) in [4.78, 5) is 0. The molecule has 6 nitrogen and oxygen atoms in total. The number of rotatable bonds is 10. The number of methoxy groups -OCH3 is 2. The van der Waals surface area contributed by atoms with Crippen molar-refractivity contribution in [3.63, 3.8) is 0 Å². The van der Waals surface area contributed by atoms with Crippen molar-refractivity contribution in [2.75, 3.05) is 14.2 Å². The summed E-state index contributed by atoms with van der Waals surface area (Å²) in [6.45, 7) is -0.144. The first-order valence-corrected chi connectivity index (χ1v) is 11.6. The fourth-order valence-electron chi connectivity index (χ4n) is 4.29. The van der Waals surface area contributed by atoms with Gasteiger partial charge >= 0.3 is 0 Å². The van der Waals surface area contributed by atoms with Gasteiger partial charge in [0, 0.05) is 22.3 Å². The molecule has 0 atom stereocenters. The van der Waals surface area contributed by atoms with E-state index in [1.807, 2.05) is 78.9 Å². The monoisotopic (exact) mass is 486 g/mol. The molecular formula is C30H30O6. The minimum Gasteiger partial charge on any atom is -0.496 e. The minimum absolute atomic E-state index is 0.0419. The van der Waals surface area contributed by atoms with Crippen molar-refractivity contribution in [1.82, 2.24) is 0 Å². The first-order chi connectivity index (χ1) is 17.6. The molecule has 0 bridgehead atoms. The Balaban J connectivity index is 1.78. The van der Waals surface area contributed by atoms with E-state index in [0.717, 1.165) is 27.8 Å². The Labute approximate surface area is 211 Å². The second kappa shape index (κ2) is 11.7. The summed E-state index contributed by atoms with van der Waals surface area (Å²) in [5.74, 6) is 1.67. The van der Waals surface area contributed by atoms with Gasteiger partial charge in [-0.1, -0.05) is 60.7 Å². The van der Waals surface area contributed by atoms with Crippen LogP contribution in [0.3, 0.4) is 0 Å². The lowest BCUT2D eigenvalue weighted by Gasteiger charge is -2.21. The predicted molar refractivity (Wildman–Crippen MR) is 139 cm³/mol. The van der Waals surface area contributed by atoms with Crippen LogP contribution in [0.4, 0.5) is 0 Å². The molecule has 0 spiro atoms. The van der Waals surface area contributed by atoms with Crippen LogP contribution >= 0.6 is 0 Å². The van der Waals surface area contributed by atoms with Gasteiger partial charge in [-0.3, -0.25) is 0 Å².